The molecular formula is C14H13N3O2S2. The molecule has 0 amide bonds. The zero-order valence-corrected chi connectivity index (χ0v) is 13.1. The van der Waals surface area contributed by atoms with Crippen molar-refractivity contribution in [3.8, 4) is 0 Å². The molecule has 3 rings (SSSR count). The van der Waals surface area contributed by atoms with E-state index in [0.29, 0.717) is 16.4 Å². The number of hydrogen-bond acceptors (Lipinski definition) is 6. The van der Waals surface area contributed by atoms with Gasteiger partial charge in [0, 0.05) is 6.21 Å². The van der Waals surface area contributed by atoms with Crippen molar-refractivity contribution in [2.45, 2.75) is 22.1 Å². The number of sulfone groups is 1. The summed E-state index contributed by atoms with van der Waals surface area (Å²) in [6.07, 6.45) is 4.70. The van der Waals surface area contributed by atoms with Crippen LogP contribution in [0.25, 0.3) is 0 Å². The Morgan fingerprint density at radius 2 is 1.86 bits per heavy atom. The van der Waals surface area contributed by atoms with E-state index in [-0.39, 0.29) is 4.90 Å². The Morgan fingerprint density at radius 1 is 1.14 bits per heavy atom. The number of thioether (sulfide) groups is 1. The Kier molecular flexibility index (Phi) is 3.54. The van der Waals surface area contributed by atoms with Gasteiger partial charge in [-0.2, -0.15) is 0 Å². The molecule has 1 aromatic heterocycles. The second-order valence-electron chi connectivity index (χ2n) is 4.68. The van der Waals surface area contributed by atoms with Gasteiger partial charge in [-0.05, 0) is 25.3 Å². The van der Waals surface area contributed by atoms with E-state index in [4.69, 9.17) is 0 Å². The fraction of sp³-hybridized carbons (Fsp3) is 0.214. The van der Waals surface area contributed by atoms with E-state index in [2.05, 4.69) is 15.0 Å². The summed E-state index contributed by atoms with van der Waals surface area (Å²) in [5.41, 5.74) is 1.59. The molecule has 108 valence electrons. The molecule has 0 bridgehead atoms. The summed E-state index contributed by atoms with van der Waals surface area (Å²) >= 11 is 1.40. The molecule has 1 aromatic carbocycles. The number of aryl methyl sites for hydroxylation is 1. The normalized spacial score (nSPS) is 17.0. The molecule has 1 aliphatic rings. The lowest BCUT2D eigenvalue weighted by Gasteiger charge is -2.13. The van der Waals surface area contributed by atoms with Gasteiger partial charge in [0.1, 0.15) is 16.6 Å². The van der Waals surface area contributed by atoms with Crippen LogP contribution in [-0.4, -0.2) is 30.9 Å². The molecule has 5 nitrogen and oxygen atoms in total. The van der Waals surface area contributed by atoms with Crippen LogP contribution in [0, 0.1) is 6.92 Å². The Bertz CT molecular complexity index is 815. The Labute approximate surface area is 127 Å². The van der Waals surface area contributed by atoms with Crippen LogP contribution in [0.15, 0.2) is 45.5 Å². The minimum atomic E-state index is -3.54. The predicted molar refractivity (Wildman–Crippen MR) is 83.1 cm³/mol. The molecule has 0 fully saturated rings. The molecule has 2 aromatic rings. The van der Waals surface area contributed by atoms with E-state index in [0.717, 1.165) is 5.56 Å². The number of nitrogens with zero attached hydrogens (tertiary/aromatic N) is 3. The number of rotatable bonds is 3. The first-order chi connectivity index (χ1) is 10.0. The van der Waals surface area contributed by atoms with Crippen LogP contribution in [0.5, 0.6) is 0 Å². The maximum Gasteiger partial charge on any atom is 0.190 e. The molecule has 0 saturated heterocycles. The number of aliphatic imine (C=N–C) groups is 1. The van der Waals surface area contributed by atoms with Crippen molar-refractivity contribution in [2.75, 3.05) is 6.26 Å². The molecule has 0 spiro atoms. The molecular weight excluding hydrogens is 306 g/mol. The van der Waals surface area contributed by atoms with Gasteiger partial charge in [0.25, 0.3) is 0 Å². The molecule has 1 aliphatic heterocycles. The van der Waals surface area contributed by atoms with Crippen molar-refractivity contribution in [3.63, 3.8) is 0 Å². The SMILES string of the molecule is CSc1ncnc2c1C(S(=O)(=O)c1ccc(C)cc1)C=N2. The summed E-state index contributed by atoms with van der Waals surface area (Å²) in [7, 11) is -3.54. The van der Waals surface area contributed by atoms with E-state index in [1.807, 2.05) is 13.2 Å². The topological polar surface area (TPSA) is 72.3 Å². The van der Waals surface area contributed by atoms with E-state index >= 15 is 0 Å². The minimum absolute atomic E-state index is 0.285. The van der Waals surface area contributed by atoms with Gasteiger partial charge in [0.05, 0.1) is 10.5 Å². The fourth-order valence-electron chi connectivity index (χ4n) is 2.21. The Balaban J connectivity index is 2.12. The third kappa shape index (κ3) is 2.36. The second-order valence-corrected chi connectivity index (χ2v) is 7.54. The number of fused-ring (bicyclic) bond motifs is 1. The van der Waals surface area contributed by atoms with Crippen LogP contribution in [0.3, 0.4) is 0 Å². The molecule has 0 N–H and O–H groups in total. The number of hydrogen-bond donors (Lipinski definition) is 0. The van der Waals surface area contributed by atoms with Gasteiger partial charge in [-0.3, -0.25) is 0 Å². The zero-order chi connectivity index (χ0) is 15.0. The van der Waals surface area contributed by atoms with Crippen LogP contribution in [0.2, 0.25) is 0 Å². The van der Waals surface area contributed by atoms with Crippen LogP contribution < -0.4 is 0 Å². The van der Waals surface area contributed by atoms with Crippen LogP contribution >= 0.6 is 11.8 Å². The smallest absolute Gasteiger partial charge is 0.190 e. The summed E-state index contributed by atoms with van der Waals surface area (Å²) in [5.74, 6) is 0.440. The highest BCUT2D eigenvalue weighted by atomic mass is 32.2. The fourth-order valence-corrected chi connectivity index (χ4v) is 4.43. The second kappa shape index (κ2) is 5.23. The molecule has 7 heteroatoms. The average molecular weight is 319 g/mol. The van der Waals surface area contributed by atoms with Crippen molar-refractivity contribution in [2.24, 2.45) is 4.99 Å². The predicted octanol–water partition coefficient (Wildman–Crippen LogP) is 2.74. The van der Waals surface area contributed by atoms with Crippen LogP contribution in [-0.2, 0) is 9.84 Å². The first-order valence-corrected chi connectivity index (χ1v) is 9.05. The molecule has 1 atom stereocenters. The Hall–Kier alpha value is -1.73. The first kappa shape index (κ1) is 14.2. The van der Waals surface area contributed by atoms with Crippen molar-refractivity contribution in [3.05, 3.63) is 41.7 Å². The lowest BCUT2D eigenvalue weighted by atomic mass is 10.2. The first-order valence-electron chi connectivity index (χ1n) is 6.27. The van der Waals surface area contributed by atoms with Gasteiger partial charge in [0.2, 0.25) is 0 Å². The third-order valence-corrected chi connectivity index (χ3v) is 5.99. The Morgan fingerprint density at radius 3 is 2.52 bits per heavy atom. The number of aromatic nitrogens is 2. The van der Waals surface area contributed by atoms with E-state index < -0.39 is 15.1 Å². The van der Waals surface area contributed by atoms with Gasteiger partial charge >= 0.3 is 0 Å². The zero-order valence-electron chi connectivity index (χ0n) is 11.5. The third-order valence-electron chi connectivity index (χ3n) is 3.32. The summed E-state index contributed by atoms with van der Waals surface area (Å²) in [6.45, 7) is 1.92. The molecule has 0 aliphatic carbocycles. The largest absolute Gasteiger partial charge is 0.239 e. The van der Waals surface area contributed by atoms with Crippen LogP contribution in [0.4, 0.5) is 5.82 Å². The highest BCUT2D eigenvalue weighted by Crippen LogP contribution is 2.40. The summed E-state index contributed by atoms with van der Waals surface area (Å²) in [6, 6.07) is 6.83. The standard InChI is InChI=1S/C14H13N3O2S2/c1-9-3-5-10(6-4-9)21(18,19)11-7-15-13-12(11)14(20-2)17-8-16-13/h3-8,11H,1-2H3. The maximum absolute atomic E-state index is 12.8. The van der Waals surface area contributed by atoms with E-state index in [1.54, 1.807) is 24.3 Å². The van der Waals surface area contributed by atoms with Gasteiger partial charge in [-0.25, -0.2) is 23.4 Å². The summed E-state index contributed by atoms with van der Waals surface area (Å²) < 4.78 is 25.6. The van der Waals surface area contributed by atoms with E-state index in [1.165, 1.54) is 24.3 Å². The van der Waals surface area contributed by atoms with Gasteiger partial charge in [0.15, 0.2) is 15.7 Å². The molecule has 1 unspecified atom stereocenters. The van der Waals surface area contributed by atoms with Crippen molar-refractivity contribution in [1.29, 1.82) is 0 Å². The monoisotopic (exact) mass is 319 g/mol. The quantitative estimate of drug-likeness (QED) is 0.642. The molecule has 0 saturated carbocycles. The molecule has 2 heterocycles. The summed E-state index contributed by atoms with van der Waals surface area (Å²) in [5, 5.41) is -0.169. The van der Waals surface area contributed by atoms with Crippen molar-refractivity contribution < 1.29 is 8.42 Å². The van der Waals surface area contributed by atoms with Crippen molar-refractivity contribution >= 4 is 33.6 Å². The van der Waals surface area contributed by atoms with E-state index in [9.17, 15) is 8.42 Å². The highest BCUT2D eigenvalue weighted by Gasteiger charge is 2.35. The lowest BCUT2D eigenvalue weighted by molar-refractivity contribution is 0.592. The lowest BCUT2D eigenvalue weighted by Crippen LogP contribution is -2.14. The van der Waals surface area contributed by atoms with Gasteiger partial charge < -0.3 is 0 Å². The minimum Gasteiger partial charge on any atom is -0.239 e. The summed E-state index contributed by atoms with van der Waals surface area (Å²) in [4.78, 5) is 12.6. The van der Waals surface area contributed by atoms with Crippen molar-refractivity contribution in [1.82, 2.24) is 9.97 Å². The maximum atomic E-state index is 12.8. The van der Waals surface area contributed by atoms with Gasteiger partial charge in [-0.15, -0.1) is 11.8 Å². The average Bonchev–Trinajstić information content (AvgIpc) is 2.92. The molecule has 21 heavy (non-hydrogen) atoms. The molecule has 0 radical (unpaired) electrons. The van der Waals surface area contributed by atoms with Gasteiger partial charge in [-0.1, -0.05) is 17.7 Å². The number of benzene rings is 1. The van der Waals surface area contributed by atoms with Crippen LogP contribution in [0.1, 0.15) is 16.4 Å². The highest BCUT2D eigenvalue weighted by molar-refractivity contribution is 7.98.